The molecule has 1 amide bonds. The highest BCUT2D eigenvalue weighted by Gasteiger charge is 2.13. The van der Waals surface area contributed by atoms with E-state index in [2.05, 4.69) is 31.4 Å². The highest BCUT2D eigenvalue weighted by atomic mass is 79.9. The van der Waals surface area contributed by atoms with Crippen molar-refractivity contribution in [2.75, 3.05) is 19.0 Å². The molecule has 0 bridgehead atoms. The van der Waals surface area contributed by atoms with Crippen LogP contribution >= 0.6 is 15.9 Å². The molecule has 0 unspecified atom stereocenters. The van der Waals surface area contributed by atoms with Crippen molar-refractivity contribution in [2.45, 2.75) is 13.8 Å². The number of methoxy groups -OCH3 is 1. The van der Waals surface area contributed by atoms with Gasteiger partial charge in [0.15, 0.2) is 0 Å². The molecule has 0 aliphatic rings. The summed E-state index contributed by atoms with van der Waals surface area (Å²) >= 11 is 3.41. The number of fused-ring (bicyclic) bond motifs is 1. The first-order valence-corrected chi connectivity index (χ1v) is 10.5. The van der Waals surface area contributed by atoms with Gasteiger partial charge in [0.05, 0.1) is 23.9 Å². The van der Waals surface area contributed by atoms with Crippen molar-refractivity contribution >= 4 is 38.6 Å². The third-order valence-electron chi connectivity index (χ3n) is 4.77. The van der Waals surface area contributed by atoms with Crippen LogP contribution in [0.2, 0.25) is 0 Å². The molecular weight excluding hydrogens is 460 g/mol. The monoisotopic (exact) mass is 480 g/mol. The number of hydrogen-bond acceptors (Lipinski definition) is 5. The minimum atomic E-state index is -0.218. The molecule has 1 aromatic heterocycles. The number of amides is 1. The standard InChI is InChI=1S/C23H21BrN4O3/c1-4-31-17-8-6-16(7-9-17)28-26-20-11-14(2)19(13-21(20)27-28)25-23(29)15-5-10-22(30-3)18(24)12-15/h5-13H,4H2,1-3H3,(H,25,29). The van der Waals surface area contributed by atoms with Gasteiger partial charge in [-0.2, -0.15) is 4.80 Å². The van der Waals surface area contributed by atoms with Crippen LogP contribution in [-0.4, -0.2) is 34.6 Å². The highest BCUT2D eigenvalue weighted by molar-refractivity contribution is 9.10. The minimum absolute atomic E-state index is 0.218. The first kappa shape index (κ1) is 20.9. The van der Waals surface area contributed by atoms with Gasteiger partial charge in [-0.15, -0.1) is 10.2 Å². The molecule has 31 heavy (non-hydrogen) atoms. The third kappa shape index (κ3) is 4.39. The number of nitrogens with zero attached hydrogens (tertiary/aromatic N) is 3. The number of ether oxygens (including phenoxy) is 2. The predicted molar refractivity (Wildman–Crippen MR) is 123 cm³/mol. The average molecular weight is 481 g/mol. The van der Waals surface area contributed by atoms with E-state index in [4.69, 9.17) is 9.47 Å². The zero-order chi connectivity index (χ0) is 22.0. The second kappa shape index (κ2) is 8.77. The van der Waals surface area contributed by atoms with E-state index in [1.807, 2.05) is 50.2 Å². The average Bonchev–Trinajstić information content (AvgIpc) is 3.17. The number of carbonyl (C=O) groups is 1. The van der Waals surface area contributed by atoms with Gasteiger partial charge in [0.1, 0.15) is 22.5 Å². The molecule has 4 aromatic rings. The van der Waals surface area contributed by atoms with Crippen LogP contribution in [0.1, 0.15) is 22.8 Å². The normalized spacial score (nSPS) is 10.8. The predicted octanol–water partition coefficient (Wildman–Crippen LogP) is 5.15. The van der Waals surface area contributed by atoms with E-state index in [-0.39, 0.29) is 5.91 Å². The molecular formula is C23H21BrN4O3. The Kier molecular flexibility index (Phi) is 5.90. The first-order chi connectivity index (χ1) is 15.0. The molecule has 1 heterocycles. The summed E-state index contributed by atoms with van der Waals surface area (Å²) in [5.74, 6) is 1.25. The molecule has 1 N–H and O–H groups in total. The smallest absolute Gasteiger partial charge is 0.255 e. The second-order valence-corrected chi connectivity index (χ2v) is 7.73. The topological polar surface area (TPSA) is 78.3 Å². The fourth-order valence-electron chi connectivity index (χ4n) is 3.16. The van der Waals surface area contributed by atoms with Crippen molar-refractivity contribution in [1.29, 1.82) is 0 Å². The highest BCUT2D eigenvalue weighted by Crippen LogP contribution is 2.27. The Balaban J connectivity index is 1.60. The lowest BCUT2D eigenvalue weighted by atomic mass is 10.1. The van der Waals surface area contributed by atoms with Crippen LogP contribution in [0.4, 0.5) is 5.69 Å². The second-order valence-electron chi connectivity index (χ2n) is 6.88. The number of aromatic nitrogens is 3. The lowest BCUT2D eigenvalue weighted by Crippen LogP contribution is -2.12. The fraction of sp³-hybridized carbons (Fsp3) is 0.174. The van der Waals surface area contributed by atoms with Crippen LogP contribution in [0.25, 0.3) is 16.7 Å². The zero-order valence-electron chi connectivity index (χ0n) is 17.3. The van der Waals surface area contributed by atoms with Crippen LogP contribution in [0, 0.1) is 6.92 Å². The first-order valence-electron chi connectivity index (χ1n) is 9.74. The lowest BCUT2D eigenvalue weighted by molar-refractivity contribution is 0.102. The van der Waals surface area contributed by atoms with E-state index < -0.39 is 0 Å². The SMILES string of the molecule is CCOc1ccc(-n2nc3cc(C)c(NC(=O)c4ccc(OC)c(Br)c4)cc3n2)cc1. The lowest BCUT2D eigenvalue weighted by Gasteiger charge is -2.09. The van der Waals surface area contributed by atoms with Crippen LogP contribution in [0.3, 0.4) is 0 Å². The van der Waals surface area contributed by atoms with Gasteiger partial charge < -0.3 is 14.8 Å². The summed E-state index contributed by atoms with van der Waals surface area (Å²) in [5, 5.41) is 12.1. The summed E-state index contributed by atoms with van der Waals surface area (Å²) in [6, 6.07) is 16.5. The summed E-state index contributed by atoms with van der Waals surface area (Å²) in [4.78, 5) is 14.3. The van der Waals surface area contributed by atoms with Gasteiger partial charge in [-0.05, 0) is 89.9 Å². The summed E-state index contributed by atoms with van der Waals surface area (Å²) in [6.07, 6.45) is 0. The Labute approximate surface area is 188 Å². The van der Waals surface area contributed by atoms with Gasteiger partial charge >= 0.3 is 0 Å². The fourth-order valence-corrected chi connectivity index (χ4v) is 3.70. The molecule has 0 fully saturated rings. The summed E-state index contributed by atoms with van der Waals surface area (Å²) < 4.78 is 11.4. The number of carbonyl (C=O) groups excluding carboxylic acids is 1. The van der Waals surface area contributed by atoms with Gasteiger partial charge in [-0.1, -0.05) is 0 Å². The summed E-state index contributed by atoms with van der Waals surface area (Å²) in [5.41, 5.74) is 4.36. The van der Waals surface area contributed by atoms with Gasteiger partial charge in [0, 0.05) is 11.3 Å². The van der Waals surface area contributed by atoms with Crippen LogP contribution < -0.4 is 14.8 Å². The van der Waals surface area contributed by atoms with E-state index in [1.165, 1.54) is 0 Å². The number of benzene rings is 3. The molecule has 0 radical (unpaired) electrons. The molecule has 158 valence electrons. The number of anilines is 1. The molecule has 0 saturated carbocycles. The maximum Gasteiger partial charge on any atom is 0.255 e. The van der Waals surface area contributed by atoms with E-state index >= 15 is 0 Å². The van der Waals surface area contributed by atoms with Crippen molar-refractivity contribution in [1.82, 2.24) is 15.0 Å². The molecule has 3 aromatic carbocycles. The molecule has 0 aliphatic carbocycles. The number of nitrogens with one attached hydrogen (secondary N) is 1. The molecule has 8 heteroatoms. The van der Waals surface area contributed by atoms with Crippen LogP contribution in [-0.2, 0) is 0 Å². The van der Waals surface area contributed by atoms with Crippen molar-refractivity contribution in [3.05, 3.63) is 70.2 Å². The molecule has 0 saturated heterocycles. The number of hydrogen-bond donors (Lipinski definition) is 1. The van der Waals surface area contributed by atoms with Gasteiger partial charge in [0.2, 0.25) is 0 Å². The number of rotatable bonds is 6. The molecule has 4 rings (SSSR count). The Morgan fingerprint density at radius 2 is 1.77 bits per heavy atom. The molecule has 0 spiro atoms. The summed E-state index contributed by atoms with van der Waals surface area (Å²) in [6.45, 7) is 4.49. The Bertz CT molecular complexity index is 1250. The van der Waals surface area contributed by atoms with Crippen LogP contribution in [0.15, 0.2) is 59.1 Å². The Morgan fingerprint density at radius 1 is 1.06 bits per heavy atom. The molecule has 7 nitrogen and oxygen atoms in total. The molecule has 0 aliphatic heterocycles. The third-order valence-corrected chi connectivity index (χ3v) is 5.39. The minimum Gasteiger partial charge on any atom is -0.496 e. The number of halogens is 1. The maximum atomic E-state index is 12.7. The van der Waals surface area contributed by atoms with E-state index in [1.54, 1.807) is 30.1 Å². The number of aryl methyl sites for hydroxylation is 1. The summed E-state index contributed by atoms with van der Waals surface area (Å²) in [7, 11) is 1.58. The maximum absolute atomic E-state index is 12.7. The van der Waals surface area contributed by atoms with Crippen molar-refractivity contribution in [3.8, 4) is 17.2 Å². The zero-order valence-corrected chi connectivity index (χ0v) is 18.9. The molecule has 0 atom stereocenters. The van der Waals surface area contributed by atoms with Gasteiger partial charge in [-0.25, -0.2) is 0 Å². The Morgan fingerprint density at radius 3 is 2.42 bits per heavy atom. The van der Waals surface area contributed by atoms with E-state index in [0.717, 1.165) is 22.5 Å². The van der Waals surface area contributed by atoms with E-state index in [0.29, 0.717) is 33.6 Å². The van der Waals surface area contributed by atoms with Crippen molar-refractivity contribution in [2.24, 2.45) is 0 Å². The van der Waals surface area contributed by atoms with E-state index in [9.17, 15) is 4.79 Å². The quantitative estimate of drug-likeness (QED) is 0.412. The van der Waals surface area contributed by atoms with Crippen molar-refractivity contribution < 1.29 is 14.3 Å². The van der Waals surface area contributed by atoms with Gasteiger partial charge in [0.25, 0.3) is 5.91 Å². The van der Waals surface area contributed by atoms with Crippen molar-refractivity contribution in [3.63, 3.8) is 0 Å². The van der Waals surface area contributed by atoms with Gasteiger partial charge in [-0.3, -0.25) is 4.79 Å². The largest absolute Gasteiger partial charge is 0.496 e. The Hall–Kier alpha value is -3.39. The van der Waals surface area contributed by atoms with Crippen LogP contribution in [0.5, 0.6) is 11.5 Å².